The van der Waals surface area contributed by atoms with Crippen LogP contribution in [0.25, 0.3) is 0 Å². The van der Waals surface area contributed by atoms with Gasteiger partial charge in [0.2, 0.25) is 0 Å². The van der Waals surface area contributed by atoms with Crippen LogP contribution in [0.15, 0.2) is 36.9 Å². The lowest BCUT2D eigenvalue weighted by Crippen LogP contribution is -2.35. The maximum Gasteiger partial charge on any atom is 0.357 e. The molecule has 8 nitrogen and oxygen atoms in total. The van der Waals surface area contributed by atoms with Gasteiger partial charge < -0.3 is 4.84 Å². The topological polar surface area (TPSA) is 94.4 Å². The second kappa shape index (κ2) is 5.40. The van der Waals surface area contributed by atoms with Crippen molar-refractivity contribution in [2.45, 2.75) is 19.4 Å². The van der Waals surface area contributed by atoms with E-state index in [-0.39, 0.29) is 11.1 Å². The Bertz CT molecular complexity index is 706. The second-order valence-corrected chi connectivity index (χ2v) is 4.66. The highest BCUT2D eigenvalue weighted by Crippen LogP contribution is 2.24. The molecule has 0 spiro atoms. The molecule has 0 bridgehead atoms. The molecule has 3 rings (SSSR count). The number of fused-ring (bicyclic) bond motifs is 1. The highest BCUT2D eigenvalue weighted by Gasteiger charge is 2.39. The fraction of sp³-hybridized carbons (Fsp3) is 0.214. The summed E-state index contributed by atoms with van der Waals surface area (Å²) >= 11 is 0. The van der Waals surface area contributed by atoms with Crippen molar-refractivity contribution >= 4 is 17.8 Å². The van der Waals surface area contributed by atoms with Gasteiger partial charge in [-0.25, -0.2) is 14.5 Å². The Kier molecular flexibility index (Phi) is 3.42. The summed E-state index contributed by atoms with van der Waals surface area (Å²) in [6.45, 7) is 1.76. The first kappa shape index (κ1) is 13.9. The Hall–Kier alpha value is -3.03. The number of hydrogen-bond acceptors (Lipinski definition) is 6. The van der Waals surface area contributed by atoms with Crippen LogP contribution in [0.3, 0.4) is 0 Å². The number of carbonyl (C=O) groups excluding carboxylic acids is 3. The fourth-order valence-corrected chi connectivity index (χ4v) is 2.24. The molecule has 1 unspecified atom stereocenters. The third kappa shape index (κ3) is 2.14. The Labute approximate surface area is 125 Å². The summed E-state index contributed by atoms with van der Waals surface area (Å²) in [6.07, 6.45) is 3.04. The van der Waals surface area contributed by atoms with Gasteiger partial charge in [-0.1, -0.05) is 24.1 Å². The number of nitrogens with zero attached hydrogens (tertiary/aromatic N) is 4. The molecule has 0 aliphatic carbocycles. The van der Waals surface area contributed by atoms with Crippen LogP contribution in [0.5, 0.6) is 0 Å². The van der Waals surface area contributed by atoms with E-state index >= 15 is 0 Å². The standard InChI is InChI=1S/C14H12N4O4/c1-2-11(17-8-15-7-16-17)14(21)22-18-12(19)9-5-3-4-6-10(9)13(18)20/h3-8,11H,2H2,1H3. The summed E-state index contributed by atoms with van der Waals surface area (Å²) in [5, 5.41) is 4.37. The quantitative estimate of drug-likeness (QED) is 0.781. The van der Waals surface area contributed by atoms with Crippen molar-refractivity contribution in [1.29, 1.82) is 0 Å². The second-order valence-electron chi connectivity index (χ2n) is 4.66. The molecule has 1 atom stereocenters. The third-order valence-corrected chi connectivity index (χ3v) is 3.35. The van der Waals surface area contributed by atoms with E-state index in [0.29, 0.717) is 11.5 Å². The molecule has 0 radical (unpaired) electrons. The minimum atomic E-state index is -0.758. The maximum atomic E-state index is 12.2. The third-order valence-electron chi connectivity index (χ3n) is 3.35. The van der Waals surface area contributed by atoms with E-state index < -0.39 is 23.8 Å². The normalized spacial score (nSPS) is 14.9. The first-order chi connectivity index (χ1) is 10.6. The SMILES string of the molecule is CCC(C(=O)ON1C(=O)c2ccccc2C1=O)n1cncn1. The van der Waals surface area contributed by atoms with Crippen molar-refractivity contribution in [2.75, 3.05) is 0 Å². The molecule has 0 N–H and O–H groups in total. The van der Waals surface area contributed by atoms with Crippen LogP contribution < -0.4 is 0 Å². The molecule has 1 aliphatic heterocycles. The number of aromatic nitrogens is 3. The molecule has 0 saturated carbocycles. The number of amides is 2. The monoisotopic (exact) mass is 300 g/mol. The number of hydrogen-bond donors (Lipinski definition) is 0. The van der Waals surface area contributed by atoms with Gasteiger partial charge in [-0.15, -0.1) is 0 Å². The zero-order valence-corrected chi connectivity index (χ0v) is 11.7. The smallest absolute Gasteiger partial charge is 0.327 e. The molecule has 112 valence electrons. The van der Waals surface area contributed by atoms with Crippen molar-refractivity contribution in [3.63, 3.8) is 0 Å². The van der Waals surface area contributed by atoms with E-state index in [0.717, 1.165) is 0 Å². The Morgan fingerprint density at radius 2 is 1.86 bits per heavy atom. The number of imide groups is 1. The van der Waals surface area contributed by atoms with Crippen LogP contribution in [0.2, 0.25) is 0 Å². The highest BCUT2D eigenvalue weighted by atomic mass is 16.7. The fourth-order valence-electron chi connectivity index (χ4n) is 2.24. The first-order valence-corrected chi connectivity index (χ1v) is 6.67. The summed E-state index contributed by atoms with van der Waals surface area (Å²) in [5.41, 5.74) is 0.434. The lowest BCUT2D eigenvalue weighted by atomic mass is 10.1. The van der Waals surface area contributed by atoms with Gasteiger partial charge in [-0.2, -0.15) is 5.10 Å². The van der Waals surface area contributed by atoms with Crippen molar-refractivity contribution < 1.29 is 19.2 Å². The zero-order valence-electron chi connectivity index (χ0n) is 11.7. The van der Waals surface area contributed by atoms with Crippen LogP contribution in [0.1, 0.15) is 40.1 Å². The molecular formula is C14H12N4O4. The molecule has 2 amide bonds. The molecule has 8 heteroatoms. The molecule has 2 aromatic rings. The van der Waals surface area contributed by atoms with Gasteiger partial charge in [0.1, 0.15) is 12.7 Å². The summed E-state index contributed by atoms with van der Waals surface area (Å²) in [7, 11) is 0. The van der Waals surface area contributed by atoms with Crippen molar-refractivity contribution in [3.05, 3.63) is 48.0 Å². The minimum absolute atomic E-state index is 0.217. The molecule has 1 aromatic heterocycles. The molecular weight excluding hydrogens is 288 g/mol. The summed E-state index contributed by atoms with van der Waals surface area (Å²) < 4.78 is 1.32. The average Bonchev–Trinajstić information content (AvgIpc) is 3.12. The molecule has 0 saturated heterocycles. The largest absolute Gasteiger partial charge is 0.357 e. The zero-order chi connectivity index (χ0) is 15.7. The van der Waals surface area contributed by atoms with E-state index in [4.69, 9.17) is 4.84 Å². The number of benzene rings is 1. The summed E-state index contributed by atoms with van der Waals surface area (Å²) in [5.74, 6) is -2.05. The predicted molar refractivity (Wildman–Crippen MR) is 72.4 cm³/mol. The van der Waals surface area contributed by atoms with Gasteiger partial charge in [0.25, 0.3) is 11.8 Å². The van der Waals surface area contributed by atoms with Crippen LogP contribution in [0.4, 0.5) is 0 Å². The molecule has 1 aliphatic rings. The predicted octanol–water partition coefficient (Wildman–Crippen LogP) is 0.984. The number of carbonyl (C=O) groups is 3. The summed E-state index contributed by atoms with van der Waals surface area (Å²) in [6, 6.07) is 5.54. The lowest BCUT2D eigenvalue weighted by molar-refractivity contribution is -0.173. The summed E-state index contributed by atoms with van der Waals surface area (Å²) in [4.78, 5) is 45.2. The van der Waals surface area contributed by atoms with Crippen molar-refractivity contribution in [3.8, 4) is 0 Å². The van der Waals surface area contributed by atoms with E-state index in [1.165, 1.54) is 29.5 Å². The van der Waals surface area contributed by atoms with Crippen molar-refractivity contribution in [1.82, 2.24) is 19.8 Å². The number of rotatable bonds is 4. The van der Waals surface area contributed by atoms with Crippen LogP contribution in [-0.2, 0) is 9.63 Å². The molecule has 22 heavy (non-hydrogen) atoms. The Morgan fingerprint density at radius 3 is 2.36 bits per heavy atom. The van der Waals surface area contributed by atoms with E-state index in [1.807, 2.05) is 0 Å². The van der Waals surface area contributed by atoms with Crippen LogP contribution in [-0.4, -0.2) is 37.6 Å². The maximum absolute atomic E-state index is 12.2. The van der Waals surface area contributed by atoms with Gasteiger partial charge in [-0.05, 0) is 18.6 Å². The molecule has 0 fully saturated rings. The van der Waals surface area contributed by atoms with E-state index in [1.54, 1.807) is 19.1 Å². The molecule has 2 heterocycles. The Morgan fingerprint density at radius 1 is 1.23 bits per heavy atom. The highest BCUT2D eigenvalue weighted by molar-refractivity contribution is 6.20. The number of hydroxylamine groups is 2. The first-order valence-electron chi connectivity index (χ1n) is 6.67. The van der Waals surface area contributed by atoms with Gasteiger partial charge in [0.05, 0.1) is 11.1 Å². The Balaban J connectivity index is 1.81. The van der Waals surface area contributed by atoms with Crippen LogP contribution in [0, 0.1) is 0 Å². The minimum Gasteiger partial charge on any atom is -0.327 e. The van der Waals surface area contributed by atoms with Crippen LogP contribution >= 0.6 is 0 Å². The average molecular weight is 300 g/mol. The van der Waals surface area contributed by atoms with Gasteiger partial charge in [0.15, 0.2) is 6.04 Å². The van der Waals surface area contributed by atoms with E-state index in [9.17, 15) is 14.4 Å². The van der Waals surface area contributed by atoms with E-state index in [2.05, 4.69) is 10.1 Å². The van der Waals surface area contributed by atoms with Gasteiger partial charge in [-0.3, -0.25) is 9.59 Å². The van der Waals surface area contributed by atoms with Gasteiger partial charge in [0, 0.05) is 0 Å². The van der Waals surface area contributed by atoms with Crippen molar-refractivity contribution in [2.24, 2.45) is 0 Å². The van der Waals surface area contributed by atoms with Gasteiger partial charge >= 0.3 is 5.97 Å². The molecule has 1 aromatic carbocycles. The lowest BCUT2D eigenvalue weighted by Gasteiger charge is -2.17.